The number of carboxylic acid groups (broad SMARTS) is 1. The topological polar surface area (TPSA) is 80.7 Å². The van der Waals surface area contributed by atoms with Crippen molar-refractivity contribution >= 4 is 34.8 Å². The van der Waals surface area contributed by atoms with Crippen LogP contribution in [-0.2, 0) is 9.53 Å². The smallest absolute Gasteiger partial charge is 0.346 e. The summed E-state index contributed by atoms with van der Waals surface area (Å²) < 4.78 is 4.65. The van der Waals surface area contributed by atoms with E-state index in [0.29, 0.717) is 27.5 Å². The van der Waals surface area contributed by atoms with Gasteiger partial charge in [0.15, 0.2) is 0 Å². The van der Waals surface area contributed by atoms with Crippen molar-refractivity contribution in [3.63, 3.8) is 0 Å². The highest BCUT2D eigenvalue weighted by molar-refractivity contribution is 6.21. The summed E-state index contributed by atoms with van der Waals surface area (Å²) in [6.07, 6.45) is 2.43. The van der Waals surface area contributed by atoms with Crippen molar-refractivity contribution in [2.24, 2.45) is 0 Å². The molecule has 1 heterocycles. The number of aliphatic carboxylic acids is 1. The van der Waals surface area contributed by atoms with E-state index in [4.69, 9.17) is 5.11 Å². The Balaban J connectivity index is 2.35. The molecule has 20 heavy (non-hydrogen) atoms. The molecular weight excluding hydrogens is 260 g/mol. The van der Waals surface area contributed by atoms with Gasteiger partial charge in [-0.25, -0.2) is 14.4 Å². The Morgan fingerprint density at radius 2 is 1.75 bits per heavy atom. The van der Waals surface area contributed by atoms with Crippen molar-refractivity contribution < 1.29 is 24.2 Å². The molecule has 0 amide bonds. The third kappa shape index (κ3) is 1.76. The first-order chi connectivity index (χ1) is 9.58. The molecule has 0 spiro atoms. The molecule has 1 aliphatic heterocycles. The fourth-order valence-corrected chi connectivity index (χ4v) is 2.27. The number of hydrogen-bond acceptors (Lipinski definition) is 4. The summed E-state index contributed by atoms with van der Waals surface area (Å²) in [7, 11) is 0. The predicted molar refractivity (Wildman–Crippen MR) is 70.4 cm³/mol. The van der Waals surface area contributed by atoms with E-state index in [-0.39, 0.29) is 0 Å². The van der Waals surface area contributed by atoms with Gasteiger partial charge in [0.1, 0.15) is 0 Å². The van der Waals surface area contributed by atoms with Crippen LogP contribution in [0.4, 0.5) is 0 Å². The van der Waals surface area contributed by atoms with Gasteiger partial charge in [0, 0.05) is 11.5 Å². The Labute approximate surface area is 113 Å². The molecule has 5 heteroatoms. The summed E-state index contributed by atoms with van der Waals surface area (Å²) in [5.74, 6) is -2.44. The van der Waals surface area contributed by atoms with Gasteiger partial charge in [-0.15, -0.1) is 0 Å². The molecule has 0 atom stereocenters. The second-order valence-electron chi connectivity index (χ2n) is 4.28. The van der Waals surface area contributed by atoms with E-state index in [9.17, 15) is 14.4 Å². The minimum atomic E-state index is -1.07. The number of carbonyl (C=O) groups excluding carboxylic acids is 2. The molecule has 5 nitrogen and oxygen atoms in total. The van der Waals surface area contributed by atoms with Crippen molar-refractivity contribution in [2.45, 2.75) is 0 Å². The van der Waals surface area contributed by atoms with Crippen molar-refractivity contribution in [1.82, 2.24) is 0 Å². The summed E-state index contributed by atoms with van der Waals surface area (Å²) in [5.41, 5.74) is 1.24. The number of esters is 2. The number of ether oxygens (including phenoxy) is 1. The predicted octanol–water partition coefficient (Wildman–Crippen LogP) is 2.25. The molecule has 0 aromatic heterocycles. The minimum absolute atomic E-state index is 0.308. The van der Waals surface area contributed by atoms with E-state index < -0.39 is 17.9 Å². The maximum absolute atomic E-state index is 11.7. The number of cyclic esters (lactones) is 2. The Hall–Kier alpha value is -2.95. The third-order valence-corrected chi connectivity index (χ3v) is 3.11. The first-order valence-corrected chi connectivity index (χ1v) is 5.81. The lowest BCUT2D eigenvalue weighted by Gasteiger charge is -2.16. The van der Waals surface area contributed by atoms with E-state index in [1.807, 2.05) is 0 Å². The zero-order chi connectivity index (χ0) is 14.3. The van der Waals surface area contributed by atoms with Crippen LogP contribution in [0.3, 0.4) is 0 Å². The molecule has 3 rings (SSSR count). The Kier molecular flexibility index (Phi) is 2.61. The summed E-state index contributed by atoms with van der Waals surface area (Å²) in [6.45, 7) is 0. The molecule has 1 aliphatic rings. The molecule has 0 saturated carbocycles. The number of rotatable bonds is 2. The van der Waals surface area contributed by atoms with Gasteiger partial charge >= 0.3 is 17.9 Å². The Morgan fingerprint density at radius 1 is 1.05 bits per heavy atom. The summed E-state index contributed by atoms with van der Waals surface area (Å²) in [5, 5.41) is 9.82. The molecule has 2 aromatic rings. The second-order valence-corrected chi connectivity index (χ2v) is 4.28. The van der Waals surface area contributed by atoms with Gasteiger partial charge in [-0.05, 0) is 29.2 Å². The van der Waals surface area contributed by atoms with Gasteiger partial charge in [-0.3, -0.25) is 0 Å². The maximum atomic E-state index is 11.7. The highest BCUT2D eigenvalue weighted by Gasteiger charge is 2.27. The van der Waals surface area contributed by atoms with Gasteiger partial charge in [-0.2, -0.15) is 0 Å². The highest BCUT2D eigenvalue weighted by atomic mass is 16.6. The largest absolute Gasteiger partial charge is 0.478 e. The molecule has 0 saturated heterocycles. The van der Waals surface area contributed by atoms with Crippen LogP contribution in [0.1, 0.15) is 26.3 Å². The average molecular weight is 268 g/mol. The molecule has 1 N–H and O–H groups in total. The van der Waals surface area contributed by atoms with Crippen LogP contribution < -0.4 is 0 Å². The molecule has 0 fully saturated rings. The molecule has 0 aliphatic carbocycles. The van der Waals surface area contributed by atoms with Crippen LogP contribution in [-0.4, -0.2) is 23.0 Å². The number of carboxylic acids is 1. The van der Waals surface area contributed by atoms with Gasteiger partial charge in [0.25, 0.3) is 0 Å². The molecule has 0 bridgehead atoms. The fourth-order valence-electron chi connectivity index (χ4n) is 2.27. The van der Waals surface area contributed by atoms with Crippen molar-refractivity contribution in [3.8, 4) is 0 Å². The van der Waals surface area contributed by atoms with E-state index in [0.717, 1.165) is 6.08 Å². The van der Waals surface area contributed by atoms with E-state index >= 15 is 0 Å². The van der Waals surface area contributed by atoms with E-state index in [2.05, 4.69) is 4.74 Å². The first-order valence-electron chi connectivity index (χ1n) is 5.81. The Bertz CT molecular complexity index is 781. The lowest BCUT2D eigenvalue weighted by molar-refractivity contribution is -0.131. The van der Waals surface area contributed by atoms with Crippen LogP contribution in [0.2, 0.25) is 0 Å². The van der Waals surface area contributed by atoms with Crippen LogP contribution in [0, 0.1) is 0 Å². The van der Waals surface area contributed by atoms with Crippen LogP contribution >= 0.6 is 0 Å². The summed E-state index contributed by atoms with van der Waals surface area (Å²) in [6, 6.07) is 8.12. The normalized spacial score (nSPS) is 13.8. The average Bonchev–Trinajstić information content (AvgIpc) is 2.42. The standard InChI is InChI=1S/C15H8O5/c16-12(17)7-5-8-4-6-11-13-9(8)2-1-3-10(13)14(18)20-15(11)19/h1-7H,(H,16,17). The summed E-state index contributed by atoms with van der Waals surface area (Å²) >= 11 is 0. The zero-order valence-electron chi connectivity index (χ0n) is 10.1. The monoisotopic (exact) mass is 268 g/mol. The first kappa shape index (κ1) is 12.1. The van der Waals surface area contributed by atoms with Gasteiger partial charge in [-0.1, -0.05) is 18.2 Å². The van der Waals surface area contributed by atoms with Crippen molar-refractivity contribution in [2.75, 3.05) is 0 Å². The maximum Gasteiger partial charge on any atom is 0.346 e. The molecule has 0 radical (unpaired) electrons. The quantitative estimate of drug-likeness (QED) is 0.513. The minimum Gasteiger partial charge on any atom is -0.478 e. The number of hydrogen-bond donors (Lipinski definition) is 1. The lowest BCUT2D eigenvalue weighted by Crippen LogP contribution is -2.19. The SMILES string of the molecule is O=C(O)C=Cc1ccc2c3c(cccc13)C(=O)OC2=O. The highest BCUT2D eigenvalue weighted by Crippen LogP contribution is 2.31. The van der Waals surface area contributed by atoms with Gasteiger partial charge < -0.3 is 9.84 Å². The number of benzene rings is 2. The van der Waals surface area contributed by atoms with Crippen LogP contribution in [0.15, 0.2) is 36.4 Å². The lowest BCUT2D eigenvalue weighted by atomic mass is 9.94. The van der Waals surface area contributed by atoms with Gasteiger partial charge in [0.2, 0.25) is 0 Å². The fraction of sp³-hybridized carbons (Fsp3) is 0. The molecule has 2 aromatic carbocycles. The summed E-state index contributed by atoms with van der Waals surface area (Å²) in [4.78, 5) is 34.0. The zero-order valence-corrected chi connectivity index (χ0v) is 10.1. The molecular formula is C15H8O5. The van der Waals surface area contributed by atoms with Crippen LogP contribution in [0.25, 0.3) is 16.8 Å². The Morgan fingerprint density at radius 3 is 2.45 bits per heavy atom. The molecule has 0 unspecified atom stereocenters. The van der Waals surface area contributed by atoms with E-state index in [1.165, 1.54) is 12.1 Å². The second kappa shape index (κ2) is 4.31. The van der Waals surface area contributed by atoms with Crippen molar-refractivity contribution in [1.29, 1.82) is 0 Å². The number of carbonyl (C=O) groups is 3. The van der Waals surface area contributed by atoms with Gasteiger partial charge in [0.05, 0.1) is 11.1 Å². The van der Waals surface area contributed by atoms with Crippen molar-refractivity contribution in [3.05, 3.63) is 53.1 Å². The van der Waals surface area contributed by atoms with Crippen LogP contribution in [0.5, 0.6) is 0 Å². The third-order valence-electron chi connectivity index (χ3n) is 3.11. The van der Waals surface area contributed by atoms with E-state index in [1.54, 1.807) is 24.3 Å². The molecule has 98 valence electrons.